The maximum Gasteiger partial charge on any atom is 0.243 e. The molecule has 1 aromatic rings. The molecule has 1 aromatic carbocycles. The molecule has 0 bridgehead atoms. The van der Waals surface area contributed by atoms with Gasteiger partial charge in [0.25, 0.3) is 0 Å². The van der Waals surface area contributed by atoms with Crippen LogP contribution in [0.3, 0.4) is 0 Å². The highest BCUT2D eigenvalue weighted by Gasteiger charge is 2.43. The minimum atomic E-state index is -3.55. The Hall–Kier alpha value is -1.46. The summed E-state index contributed by atoms with van der Waals surface area (Å²) < 4.78 is 26.6. The van der Waals surface area contributed by atoms with Gasteiger partial charge in [0, 0.05) is 13.1 Å². The van der Waals surface area contributed by atoms with Gasteiger partial charge < -0.3 is 4.79 Å². The highest BCUT2D eigenvalue weighted by molar-refractivity contribution is 7.89. The van der Waals surface area contributed by atoms with Crippen LogP contribution < -0.4 is 0 Å². The van der Waals surface area contributed by atoms with Crippen LogP contribution in [0.4, 0.5) is 0 Å². The number of rotatable bonds is 3. The molecular weight excluding hydrogens is 274 g/mol. The van der Waals surface area contributed by atoms with Gasteiger partial charge in [-0.1, -0.05) is 23.8 Å². The number of aryl methyl sites for hydroxylation is 1. The molecule has 0 spiro atoms. The number of allylic oxidation sites excluding steroid dienone is 1. The van der Waals surface area contributed by atoms with Crippen molar-refractivity contribution in [1.29, 1.82) is 0 Å². The number of hydrogen-bond acceptors (Lipinski definition) is 3. The fourth-order valence-corrected chi connectivity index (χ4v) is 3.98. The van der Waals surface area contributed by atoms with Crippen molar-refractivity contribution in [1.82, 2.24) is 4.31 Å². The van der Waals surface area contributed by atoms with Gasteiger partial charge in [0.15, 0.2) is 0 Å². The lowest BCUT2D eigenvalue weighted by Crippen LogP contribution is -2.31. The molecule has 2 rings (SSSR count). The second-order valence-corrected chi connectivity index (χ2v) is 7.37. The quantitative estimate of drug-likeness (QED) is 0.634. The Labute approximate surface area is 120 Å². The maximum absolute atomic E-state index is 12.6. The Balaban J connectivity index is 2.38. The van der Waals surface area contributed by atoms with Gasteiger partial charge in [-0.3, -0.25) is 0 Å². The first-order chi connectivity index (χ1) is 9.33. The molecule has 20 heavy (non-hydrogen) atoms. The summed E-state index contributed by atoms with van der Waals surface area (Å²) in [4.78, 5) is 11.6. The third-order valence-corrected chi connectivity index (χ3v) is 5.66. The van der Waals surface area contributed by atoms with Gasteiger partial charge in [-0.05, 0) is 38.5 Å². The lowest BCUT2D eigenvalue weighted by atomic mass is 9.87. The average Bonchev–Trinajstić information content (AvgIpc) is 2.78. The normalized spacial score (nSPS) is 26.1. The van der Waals surface area contributed by atoms with Crippen LogP contribution in [0.2, 0.25) is 0 Å². The first-order valence-corrected chi connectivity index (χ1v) is 7.96. The summed E-state index contributed by atoms with van der Waals surface area (Å²) in [5.41, 5.74) is 1.15. The van der Waals surface area contributed by atoms with Crippen molar-refractivity contribution in [3.05, 3.63) is 41.5 Å². The van der Waals surface area contributed by atoms with Crippen LogP contribution in [0.15, 0.2) is 40.8 Å². The standard InChI is InChI=1S/C15H19NO3S/c1-4-13-9-16(10-15(13,3)11-17)20(18,19)14-7-5-12(2)6-8-14/h4-8,11H,9-10H2,1-3H3/b13-4+. The summed E-state index contributed by atoms with van der Waals surface area (Å²) in [5.74, 6) is 0. The maximum atomic E-state index is 12.6. The number of sulfonamides is 1. The predicted octanol–water partition coefficient (Wildman–Crippen LogP) is 2.15. The lowest BCUT2D eigenvalue weighted by Gasteiger charge is -2.18. The molecule has 4 nitrogen and oxygen atoms in total. The van der Waals surface area contributed by atoms with Crippen molar-refractivity contribution < 1.29 is 13.2 Å². The molecule has 0 N–H and O–H groups in total. The third kappa shape index (κ3) is 2.43. The van der Waals surface area contributed by atoms with Crippen molar-refractivity contribution >= 4 is 16.3 Å². The second-order valence-electron chi connectivity index (χ2n) is 5.44. The Morgan fingerprint density at radius 2 is 1.85 bits per heavy atom. The average molecular weight is 293 g/mol. The van der Waals surface area contributed by atoms with E-state index in [0.29, 0.717) is 0 Å². The van der Waals surface area contributed by atoms with Gasteiger partial charge in [0.05, 0.1) is 10.3 Å². The van der Waals surface area contributed by atoms with E-state index in [4.69, 9.17) is 0 Å². The monoisotopic (exact) mass is 293 g/mol. The number of benzene rings is 1. The van der Waals surface area contributed by atoms with Crippen LogP contribution in [0.5, 0.6) is 0 Å². The Morgan fingerprint density at radius 3 is 2.30 bits per heavy atom. The van der Waals surface area contributed by atoms with Crippen molar-refractivity contribution in [2.75, 3.05) is 13.1 Å². The molecule has 1 heterocycles. The van der Waals surface area contributed by atoms with E-state index in [9.17, 15) is 13.2 Å². The van der Waals surface area contributed by atoms with Crippen LogP contribution in [-0.4, -0.2) is 32.1 Å². The summed E-state index contributed by atoms with van der Waals surface area (Å²) in [5, 5.41) is 0. The second kappa shape index (κ2) is 5.14. The van der Waals surface area contributed by atoms with E-state index < -0.39 is 15.4 Å². The molecule has 0 aromatic heterocycles. The zero-order valence-corrected chi connectivity index (χ0v) is 12.8. The summed E-state index contributed by atoms with van der Waals surface area (Å²) in [7, 11) is -3.55. The van der Waals surface area contributed by atoms with Crippen molar-refractivity contribution in [2.24, 2.45) is 5.41 Å². The number of carbonyl (C=O) groups excluding carboxylic acids is 1. The van der Waals surface area contributed by atoms with Gasteiger partial charge in [-0.25, -0.2) is 8.42 Å². The van der Waals surface area contributed by atoms with E-state index in [0.717, 1.165) is 17.4 Å². The summed E-state index contributed by atoms with van der Waals surface area (Å²) >= 11 is 0. The predicted molar refractivity (Wildman–Crippen MR) is 77.9 cm³/mol. The molecule has 1 fully saturated rings. The fraction of sp³-hybridized carbons (Fsp3) is 0.400. The van der Waals surface area contributed by atoms with E-state index in [1.54, 1.807) is 31.2 Å². The Bertz CT molecular complexity index is 646. The first-order valence-electron chi connectivity index (χ1n) is 6.52. The van der Waals surface area contributed by atoms with Crippen LogP contribution >= 0.6 is 0 Å². The molecule has 1 atom stereocenters. The molecular formula is C15H19NO3S. The fourth-order valence-electron chi connectivity index (χ4n) is 2.46. The number of aldehydes is 1. The highest BCUT2D eigenvalue weighted by atomic mass is 32.2. The molecule has 1 saturated heterocycles. The summed E-state index contributed by atoms with van der Waals surface area (Å²) in [6, 6.07) is 6.77. The molecule has 108 valence electrons. The minimum absolute atomic E-state index is 0.201. The number of hydrogen-bond donors (Lipinski definition) is 0. The van der Waals surface area contributed by atoms with Crippen molar-refractivity contribution in [3.63, 3.8) is 0 Å². The van der Waals surface area contributed by atoms with Crippen molar-refractivity contribution in [3.8, 4) is 0 Å². The smallest absolute Gasteiger partial charge is 0.243 e. The van der Waals surface area contributed by atoms with Gasteiger partial charge in [0.2, 0.25) is 10.0 Å². The van der Waals surface area contributed by atoms with E-state index in [1.807, 2.05) is 19.9 Å². The Kier molecular flexibility index (Phi) is 3.84. The third-order valence-electron chi connectivity index (χ3n) is 3.85. The molecule has 0 saturated carbocycles. The van der Waals surface area contributed by atoms with E-state index in [1.165, 1.54) is 4.31 Å². The number of nitrogens with zero attached hydrogens (tertiary/aromatic N) is 1. The molecule has 5 heteroatoms. The molecule has 0 radical (unpaired) electrons. The van der Waals surface area contributed by atoms with Gasteiger partial charge >= 0.3 is 0 Å². The van der Waals surface area contributed by atoms with Crippen LogP contribution in [0, 0.1) is 12.3 Å². The first kappa shape index (κ1) is 14.9. The van der Waals surface area contributed by atoms with Crippen LogP contribution in [0.25, 0.3) is 0 Å². The van der Waals surface area contributed by atoms with Gasteiger partial charge in [0.1, 0.15) is 6.29 Å². The SMILES string of the molecule is C/C=C1\CN(S(=O)(=O)c2ccc(C)cc2)CC1(C)C=O. The zero-order valence-electron chi connectivity index (χ0n) is 12.0. The largest absolute Gasteiger partial charge is 0.302 e. The highest BCUT2D eigenvalue weighted by Crippen LogP contribution is 2.36. The molecule has 1 aliphatic rings. The topological polar surface area (TPSA) is 54.5 Å². The van der Waals surface area contributed by atoms with E-state index >= 15 is 0 Å². The molecule has 0 aliphatic carbocycles. The summed E-state index contributed by atoms with van der Waals surface area (Å²) in [6.45, 7) is 6.00. The van der Waals surface area contributed by atoms with Crippen LogP contribution in [-0.2, 0) is 14.8 Å². The van der Waals surface area contributed by atoms with Crippen LogP contribution in [0.1, 0.15) is 19.4 Å². The lowest BCUT2D eigenvalue weighted by molar-refractivity contribution is -0.113. The number of carbonyl (C=O) groups is 1. The van der Waals surface area contributed by atoms with Gasteiger partial charge in [-0.2, -0.15) is 4.31 Å². The summed E-state index contributed by atoms with van der Waals surface area (Å²) in [6.07, 6.45) is 2.67. The Morgan fingerprint density at radius 1 is 1.25 bits per heavy atom. The van der Waals surface area contributed by atoms with Crippen molar-refractivity contribution in [2.45, 2.75) is 25.7 Å². The molecule has 1 unspecified atom stereocenters. The van der Waals surface area contributed by atoms with Gasteiger partial charge in [-0.15, -0.1) is 0 Å². The minimum Gasteiger partial charge on any atom is -0.302 e. The molecule has 1 aliphatic heterocycles. The van der Waals surface area contributed by atoms with E-state index in [-0.39, 0.29) is 18.0 Å². The zero-order chi connectivity index (χ0) is 15.0. The van der Waals surface area contributed by atoms with E-state index in [2.05, 4.69) is 0 Å². The molecule has 0 amide bonds.